The number of fused-ring (bicyclic) bond motifs is 1. The Labute approximate surface area is 91.3 Å². The molecule has 0 saturated carbocycles. The summed E-state index contributed by atoms with van der Waals surface area (Å²) in [6, 6.07) is 2.28. The van der Waals surface area contributed by atoms with Crippen molar-refractivity contribution >= 4 is 11.6 Å². The molecular formula is C13H17Cl. The highest BCUT2D eigenvalue weighted by Crippen LogP contribution is 2.35. The maximum absolute atomic E-state index is 6.25. The van der Waals surface area contributed by atoms with Gasteiger partial charge in [0.25, 0.3) is 0 Å². The largest absolute Gasteiger partial charge is 0.0838 e. The van der Waals surface area contributed by atoms with Gasteiger partial charge in [-0.1, -0.05) is 31.0 Å². The van der Waals surface area contributed by atoms with Gasteiger partial charge in [0.1, 0.15) is 0 Å². The second-order valence-electron chi connectivity index (χ2n) is 4.45. The molecule has 0 nitrogen and oxygen atoms in total. The van der Waals surface area contributed by atoms with Gasteiger partial charge in [-0.2, -0.15) is 0 Å². The Hall–Kier alpha value is -0.490. The Morgan fingerprint density at radius 2 is 2.07 bits per heavy atom. The summed E-state index contributed by atoms with van der Waals surface area (Å²) in [4.78, 5) is 0. The van der Waals surface area contributed by atoms with Crippen LogP contribution in [0.4, 0.5) is 0 Å². The fraction of sp³-hybridized carbons (Fsp3) is 0.538. The summed E-state index contributed by atoms with van der Waals surface area (Å²) in [5, 5.41) is 0.973. The monoisotopic (exact) mass is 208 g/mol. The SMILES string of the molecule is CCC1Cc2cc(C)c(Cl)c(C)c2C1. The molecule has 1 aromatic carbocycles. The maximum Gasteiger partial charge on any atom is 0.0467 e. The Morgan fingerprint density at radius 1 is 1.36 bits per heavy atom. The van der Waals surface area contributed by atoms with Crippen molar-refractivity contribution in [3.05, 3.63) is 33.3 Å². The zero-order valence-corrected chi connectivity index (χ0v) is 9.91. The lowest BCUT2D eigenvalue weighted by atomic mass is 10.0. The predicted molar refractivity (Wildman–Crippen MR) is 62.1 cm³/mol. The van der Waals surface area contributed by atoms with Crippen LogP contribution in [0.3, 0.4) is 0 Å². The summed E-state index contributed by atoms with van der Waals surface area (Å²) in [5.74, 6) is 0.849. The van der Waals surface area contributed by atoms with Gasteiger partial charge in [-0.05, 0) is 54.9 Å². The molecular weight excluding hydrogens is 192 g/mol. The third kappa shape index (κ3) is 1.46. The minimum atomic E-state index is 0.849. The van der Waals surface area contributed by atoms with E-state index < -0.39 is 0 Å². The highest BCUT2D eigenvalue weighted by molar-refractivity contribution is 6.32. The molecule has 0 radical (unpaired) electrons. The average Bonchev–Trinajstić information content (AvgIpc) is 2.57. The number of benzene rings is 1. The van der Waals surface area contributed by atoms with Crippen LogP contribution in [0.15, 0.2) is 6.07 Å². The lowest BCUT2D eigenvalue weighted by Crippen LogP contribution is -1.96. The molecule has 1 aromatic rings. The van der Waals surface area contributed by atoms with Gasteiger partial charge in [-0.25, -0.2) is 0 Å². The standard InChI is InChI=1S/C13H17Cl/c1-4-10-6-11-5-8(2)13(14)9(3)12(11)7-10/h5,10H,4,6-7H2,1-3H3. The minimum Gasteiger partial charge on any atom is -0.0838 e. The molecule has 0 heterocycles. The summed E-state index contributed by atoms with van der Waals surface area (Å²) in [5.41, 5.74) is 5.61. The fourth-order valence-corrected chi connectivity index (χ4v) is 2.68. The first-order valence-corrected chi connectivity index (χ1v) is 5.78. The lowest BCUT2D eigenvalue weighted by Gasteiger charge is -2.08. The van der Waals surface area contributed by atoms with Crippen molar-refractivity contribution in [1.29, 1.82) is 0 Å². The van der Waals surface area contributed by atoms with Crippen molar-refractivity contribution in [3.63, 3.8) is 0 Å². The molecule has 1 unspecified atom stereocenters. The van der Waals surface area contributed by atoms with Gasteiger partial charge in [-0.3, -0.25) is 0 Å². The molecule has 2 rings (SSSR count). The lowest BCUT2D eigenvalue weighted by molar-refractivity contribution is 0.542. The summed E-state index contributed by atoms with van der Waals surface area (Å²) in [7, 11) is 0. The summed E-state index contributed by atoms with van der Waals surface area (Å²) < 4.78 is 0. The van der Waals surface area contributed by atoms with E-state index in [1.165, 1.54) is 41.5 Å². The van der Waals surface area contributed by atoms with E-state index in [2.05, 4.69) is 26.8 Å². The van der Waals surface area contributed by atoms with Crippen LogP contribution in [0.25, 0.3) is 0 Å². The fourth-order valence-electron chi connectivity index (χ4n) is 2.51. The second kappa shape index (κ2) is 3.58. The predicted octanol–water partition coefficient (Wildman–Crippen LogP) is 4.08. The third-order valence-electron chi connectivity index (χ3n) is 3.49. The molecule has 1 atom stereocenters. The van der Waals surface area contributed by atoms with Gasteiger partial charge >= 0.3 is 0 Å². The van der Waals surface area contributed by atoms with Gasteiger partial charge in [0, 0.05) is 5.02 Å². The van der Waals surface area contributed by atoms with Crippen LogP contribution in [0, 0.1) is 19.8 Å². The molecule has 0 bridgehead atoms. The highest BCUT2D eigenvalue weighted by Gasteiger charge is 2.23. The molecule has 0 aliphatic heterocycles. The van der Waals surface area contributed by atoms with Gasteiger partial charge < -0.3 is 0 Å². The van der Waals surface area contributed by atoms with E-state index in [1.54, 1.807) is 0 Å². The topological polar surface area (TPSA) is 0 Å². The van der Waals surface area contributed by atoms with E-state index in [0.717, 1.165) is 10.9 Å². The number of aryl methyl sites for hydroxylation is 1. The van der Waals surface area contributed by atoms with Crippen LogP contribution in [-0.4, -0.2) is 0 Å². The number of hydrogen-bond donors (Lipinski definition) is 0. The molecule has 0 amide bonds. The van der Waals surface area contributed by atoms with Gasteiger partial charge in [0.15, 0.2) is 0 Å². The maximum atomic E-state index is 6.25. The zero-order chi connectivity index (χ0) is 10.3. The van der Waals surface area contributed by atoms with Crippen LogP contribution in [-0.2, 0) is 12.8 Å². The Balaban J connectivity index is 2.48. The van der Waals surface area contributed by atoms with Gasteiger partial charge in [0.05, 0.1) is 0 Å². The van der Waals surface area contributed by atoms with E-state index in [-0.39, 0.29) is 0 Å². The van der Waals surface area contributed by atoms with Crippen molar-refractivity contribution < 1.29 is 0 Å². The molecule has 0 fully saturated rings. The zero-order valence-electron chi connectivity index (χ0n) is 9.15. The van der Waals surface area contributed by atoms with Gasteiger partial charge in [0.2, 0.25) is 0 Å². The molecule has 0 spiro atoms. The second-order valence-corrected chi connectivity index (χ2v) is 4.83. The van der Waals surface area contributed by atoms with Crippen LogP contribution in [0.1, 0.15) is 35.6 Å². The molecule has 0 aromatic heterocycles. The Kier molecular flexibility index (Phi) is 2.57. The van der Waals surface area contributed by atoms with Crippen LogP contribution >= 0.6 is 11.6 Å². The highest BCUT2D eigenvalue weighted by atomic mass is 35.5. The molecule has 76 valence electrons. The van der Waals surface area contributed by atoms with E-state index in [1.807, 2.05) is 0 Å². The third-order valence-corrected chi connectivity index (χ3v) is 4.07. The molecule has 1 aliphatic rings. The molecule has 0 saturated heterocycles. The van der Waals surface area contributed by atoms with Crippen molar-refractivity contribution in [1.82, 2.24) is 0 Å². The molecule has 0 N–H and O–H groups in total. The smallest absolute Gasteiger partial charge is 0.0467 e. The van der Waals surface area contributed by atoms with E-state index in [0.29, 0.717) is 0 Å². The van der Waals surface area contributed by atoms with E-state index in [9.17, 15) is 0 Å². The summed E-state index contributed by atoms with van der Waals surface area (Å²) in [6.45, 7) is 6.54. The molecule has 14 heavy (non-hydrogen) atoms. The Morgan fingerprint density at radius 3 is 2.71 bits per heavy atom. The van der Waals surface area contributed by atoms with Crippen LogP contribution in [0.5, 0.6) is 0 Å². The number of hydrogen-bond acceptors (Lipinski definition) is 0. The van der Waals surface area contributed by atoms with E-state index in [4.69, 9.17) is 11.6 Å². The van der Waals surface area contributed by atoms with Crippen LogP contribution < -0.4 is 0 Å². The Bertz CT molecular complexity index is 366. The summed E-state index contributed by atoms with van der Waals surface area (Å²) in [6.07, 6.45) is 3.77. The molecule has 1 aliphatic carbocycles. The summed E-state index contributed by atoms with van der Waals surface area (Å²) >= 11 is 6.25. The average molecular weight is 209 g/mol. The van der Waals surface area contributed by atoms with E-state index >= 15 is 0 Å². The normalized spacial score (nSPS) is 19.9. The number of rotatable bonds is 1. The molecule has 1 heteroatoms. The first-order valence-electron chi connectivity index (χ1n) is 5.41. The van der Waals surface area contributed by atoms with Crippen LogP contribution in [0.2, 0.25) is 5.02 Å². The minimum absolute atomic E-state index is 0.849. The van der Waals surface area contributed by atoms with Gasteiger partial charge in [-0.15, -0.1) is 0 Å². The first kappa shape index (κ1) is 10.0. The quantitative estimate of drug-likeness (QED) is 0.653. The first-order chi connectivity index (χ1) is 6.63. The van der Waals surface area contributed by atoms with Crippen molar-refractivity contribution in [2.45, 2.75) is 40.0 Å². The van der Waals surface area contributed by atoms with Crippen molar-refractivity contribution in [2.24, 2.45) is 5.92 Å². The number of halogens is 1. The van der Waals surface area contributed by atoms with Crippen molar-refractivity contribution in [2.75, 3.05) is 0 Å². The van der Waals surface area contributed by atoms with Crippen molar-refractivity contribution in [3.8, 4) is 0 Å².